The highest BCUT2D eigenvalue weighted by Gasteiger charge is 2.18. The molecule has 306 valence electrons. The summed E-state index contributed by atoms with van der Waals surface area (Å²) in [5.41, 5.74) is 15.1. The molecule has 7 rings (SSSR count). The van der Waals surface area contributed by atoms with E-state index in [-0.39, 0.29) is 5.57 Å². The molecule has 0 amide bonds. The van der Waals surface area contributed by atoms with E-state index in [0.717, 1.165) is 60.2 Å². The first-order valence-corrected chi connectivity index (χ1v) is 21.8. The lowest BCUT2D eigenvalue weighted by Gasteiger charge is -2.29. The van der Waals surface area contributed by atoms with E-state index in [1.807, 2.05) is 36.4 Å². The van der Waals surface area contributed by atoms with Crippen molar-refractivity contribution in [2.75, 3.05) is 4.90 Å². The van der Waals surface area contributed by atoms with E-state index in [1.165, 1.54) is 51.0 Å². The number of thiophene rings is 2. The van der Waals surface area contributed by atoms with Crippen molar-refractivity contribution in [3.63, 3.8) is 0 Å². The number of hydrogen-bond acceptors (Lipinski definition) is 7. The Morgan fingerprint density at radius 2 is 1.08 bits per heavy atom. The Morgan fingerprint density at radius 1 is 0.540 bits per heavy atom. The van der Waals surface area contributed by atoms with Gasteiger partial charge in [-0.25, -0.2) is 4.79 Å². The summed E-state index contributed by atoms with van der Waals surface area (Å²) in [5, 5.41) is 38.6. The third-order valence-corrected chi connectivity index (χ3v) is 12.8. The second-order valence-corrected chi connectivity index (χ2v) is 17.4. The molecule has 0 aliphatic heterocycles. The van der Waals surface area contributed by atoms with E-state index < -0.39 is 5.97 Å². The number of carbonyl (C=O) groups is 1. The number of allylic oxidation sites excluding steroid dienone is 2. The first-order valence-electron chi connectivity index (χ1n) is 20.2. The maximum absolute atomic E-state index is 11.3. The fourth-order valence-corrected chi connectivity index (χ4v) is 9.29. The summed E-state index contributed by atoms with van der Waals surface area (Å²) in [4.78, 5) is 16.3. The molecule has 2 heterocycles. The number of rotatable bonds is 12. The van der Waals surface area contributed by atoms with Crippen LogP contribution in [0.3, 0.4) is 0 Å². The Kier molecular flexibility index (Phi) is 13.2. The molecule has 5 aromatic carbocycles. The van der Waals surface area contributed by atoms with Crippen LogP contribution in [0.4, 0.5) is 17.1 Å². The largest absolute Gasteiger partial charge is 0.477 e. The highest BCUT2D eigenvalue weighted by molar-refractivity contribution is 7.15. The van der Waals surface area contributed by atoms with Gasteiger partial charge in [-0.3, -0.25) is 0 Å². The molecular weight excluding hydrogens is 813 g/mol. The van der Waals surface area contributed by atoms with Crippen molar-refractivity contribution >= 4 is 86.7 Å². The number of aliphatic carboxylic acids is 1. The van der Waals surface area contributed by atoms with Gasteiger partial charge in [0.1, 0.15) is 23.8 Å². The Bertz CT molecular complexity index is 3080. The molecule has 6 nitrogen and oxygen atoms in total. The van der Waals surface area contributed by atoms with Gasteiger partial charge in [0.15, 0.2) is 0 Å². The van der Waals surface area contributed by atoms with E-state index in [2.05, 4.69) is 149 Å². The summed E-state index contributed by atoms with van der Waals surface area (Å²) in [6.07, 6.45) is 7.17. The summed E-state index contributed by atoms with van der Waals surface area (Å²) in [6, 6.07) is 51.9. The standard InChI is InChI=1S/C55H42N4O2S2/c1-35-25-38(4)54(39(5)26-35)59(48-19-14-41(15-20-48)29-51(42-9-7-6-8-10-42)43-16-11-36(2)37(3)27-43)47-17-12-40(13-18-47)28-44(32-56)52-23-21-49(62-52)30-45(33-57)53-24-22-50(63-53)31-46(34-58)55(60)61/h6-31H,1-5H3,(H,60,61)/b44-28+,45-30+,46-31+,51-29-. The van der Waals surface area contributed by atoms with Gasteiger partial charge >= 0.3 is 5.97 Å². The van der Waals surface area contributed by atoms with E-state index in [0.29, 0.717) is 20.9 Å². The van der Waals surface area contributed by atoms with Gasteiger partial charge in [-0.05, 0) is 158 Å². The van der Waals surface area contributed by atoms with Crippen molar-refractivity contribution in [3.05, 3.63) is 209 Å². The minimum absolute atomic E-state index is 0.381. The van der Waals surface area contributed by atoms with E-state index in [1.54, 1.807) is 24.3 Å². The van der Waals surface area contributed by atoms with Crippen LogP contribution in [0.25, 0.3) is 41.0 Å². The lowest BCUT2D eigenvalue weighted by Crippen LogP contribution is -2.13. The summed E-state index contributed by atoms with van der Waals surface area (Å²) < 4.78 is 0. The number of nitrogens with zero attached hydrogens (tertiary/aromatic N) is 4. The molecule has 0 aliphatic rings. The van der Waals surface area contributed by atoms with Crippen LogP contribution in [-0.4, -0.2) is 11.1 Å². The van der Waals surface area contributed by atoms with Crippen LogP contribution >= 0.6 is 22.7 Å². The van der Waals surface area contributed by atoms with Crippen molar-refractivity contribution in [2.24, 2.45) is 0 Å². The van der Waals surface area contributed by atoms with Crippen LogP contribution in [0.2, 0.25) is 0 Å². The zero-order chi connectivity index (χ0) is 44.6. The fourth-order valence-electron chi connectivity index (χ4n) is 7.46. The smallest absolute Gasteiger partial charge is 0.346 e. The van der Waals surface area contributed by atoms with Crippen LogP contribution in [0.15, 0.2) is 139 Å². The number of anilines is 3. The molecule has 0 unspecified atom stereocenters. The second-order valence-electron chi connectivity index (χ2n) is 15.2. The molecule has 0 bridgehead atoms. The lowest BCUT2D eigenvalue weighted by atomic mass is 9.93. The van der Waals surface area contributed by atoms with Gasteiger partial charge < -0.3 is 10.0 Å². The Morgan fingerprint density at radius 3 is 1.60 bits per heavy atom. The van der Waals surface area contributed by atoms with E-state index in [9.17, 15) is 20.4 Å². The SMILES string of the molecule is Cc1cc(C)c(N(c2ccc(/C=C(/c3ccccc3)c3ccc(C)c(C)c3)cc2)c2ccc(/C=C(\C#N)c3ccc(/C=C(\C#N)c4ccc(/C=C(\C#N)C(=O)O)s4)s3)cc2)c(C)c1. The summed E-state index contributed by atoms with van der Waals surface area (Å²) in [7, 11) is 0. The van der Waals surface area contributed by atoms with Crippen LogP contribution < -0.4 is 4.90 Å². The number of carboxylic acids is 1. The van der Waals surface area contributed by atoms with E-state index >= 15 is 0 Å². The van der Waals surface area contributed by atoms with Crippen molar-refractivity contribution in [1.29, 1.82) is 15.8 Å². The molecule has 2 aromatic heterocycles. The molecule has 0 fully saturated rings. The normalized spacial score (nSPS) is 12.0. The van der Waals surface area contributed by atoms with Gasteiger partial charge in [0.2, 0.25) is 0 Å². The topological polar surface area (TPSA) is 112 Å². The maximum atomic E-state index is 11.3. The molecular formula is C55H42N4O2S2. The highest BCUT2D eigenvalue weighted by Crippen LogP contribution is 2.40. The monoisotopic (exact) mass is 854 g/mol. The molecule has 0 atom stereocenters. The van der Waals surface area contributed by atoms with Crippen LogP contribution in [0.5, 0.6) is 0 Å². The minimum atomic E-state index is -1.31. The van der Waals surface area contributed by atoms with Crippen LogP contribution in [0, 0.1) is 68.6 Å². The number of carboxylic acid groups (broad SMARTS) is 1. The zero-order valence-electron chi connectivity index (χ0n) is 35.5. The predicted molar refractivity (Wildman–Crippen MR) is 261 cm³/mol. The Balaban J connectivity index is 1.19. The number of aryl methyl sites for hydroxylation is 5. The molecule has 0 radical (unpaired) electrons. The molecule has 1 N–H and O–H groups in total. The number of nitriles is 3. The van der Waals surface area contributed by atoms with Crippen LogP contribution in [0.1, 0.15) is 69.6 Å². The first kappa shape index (κ1) is 43.3. The van der Waals surface area contributed by atoms with Gasteiger partial charge in [-0.2, -0.15) is 15.8 Å². The summed E-state index contributed by atoms with van der Waals surface area (Å²) in [6.45, 7) is 10.7. The average molecular weight is 855 g/mol. The maximum Gasteiger partial charge on any atom is 0.346 e. The molecule has 63 heavy (non-hydrogen) atoms. The second kappa shape index (κ2) is 19.3. The minimum Gasteiger partial charge on any atom is -0.477 e. The molecule has 0 saturated carbocycles. The van der Waals surface area contributed by atoms with Crippen molar-refractivity contribution in [1.82, 2.24) is 0 Å². The molecule has 8 heteroatoms. The molecule has 0 spiro atoms. The fraction of sp³-hybridized carbons (Fsp3) is 0.0909. The molecule has 0 aliphatic carbocycles. The van der Waals surface area contributed by atoms with Crippen molar-refractivity contribution in [2.45, 2.75) is 34.6 Å². The summed E-state index contributed by atoms with van der Waals surface area (Å²) in [5.74, 6) is -1.31. The third-order valence-electron chi connectivity index (χ3n) is 10.6. The number of benzene rings is 5. The average Bonchev–Trinajstić information content (AvgIpc) is 3.96. The Hall–Kier alpha value is -7.80. The first-order chi connectivity index (χ1) is 30.4. The Labute approximate surface area is 376 Å². The molecule has 0 saturated heterocycles. The van der Waals surface area contributed by atoms with Crippen molar-refractivity contribution in [3.8, 4) is 18.2 Å². The summed E-state index contributed by atoms with van der Waals surface area (Å²) >= 11 is 2.62. The van der Waals surface area contributed by atoms with Gasteiger partial charge in [0, 0.05) is 30.9 Å². The molecule has 7 aromatic rings. The quantitative estimate of drug-likeness (QED) is 0.0744. The highest BCUT2D eigenvalue weighted by atomic mass is 32.1. The van der Waals surface area contributed by atoms with E-state index in [4.69, 9.17) is 5.26 Å². The van der Waals surface area contributed by atoms with Gasteiger partial charge in [-0.15, -0.1) is 22.7 Å². The lowest BCUT2D eigenvalue weighted by molar-refractivity contribution is -0.132. The number of hydrogen-bond donors (Lipinski definition) is 1. The van der Waals surface area contributed by atoms with Crippen LogP contribution in [-0.2, 0) is 4.79 Å². The van der Waals surface area contributed by atoms with Gasteiger partial charge in [-0.1, -0.05) is 90.5 Å². The van der Waals surface area contributed by atoms with Gasteiger partial charge in [0.05, 0.1) is 16.8 Å². The predicted octanol–water partition coefficient (Wildman–Crippen LogP) is 14.5. The van der Waals surface area contributed by atoms with Gasteiger partial charge in [0.25, 0.3) is 0 Å². The zero-order valence-corrected chi connectivity index (χ0v) is 37.1. The van der Waals surface area contributed by atoms with Crippen molar-refractivity contribution < 1.29 is 9.90 Å². The third kappa shape index (κ3) is 10.1.